The van der Waals surface area contributed by atoms with Gasteiger partial charge in [0, 0.05) is 5.56 Å². The number of H-pyrrole nitrogens is 1. The summed E-state index contributed by atoms with van der Waals surface area (Å²) >= 11 is 0. The smallest absolute Gasteiger partial charge is 0.146 e. The van der Waals surface area contributed by atoms with Crippen molar-refractivity contribution in [2.24, 2.45) is 0 Å². The summed E-state index contributed by atoms with van der Waals surface area (Å²) in [6.45, 7) is 1.99. The quantitative estimate of drug-likeness (QED) is 0.642. The lowest BCUT2D eigenvalue weighted by molar-refractivity contribution is 0.633. The fourth-order valence-electron chi connectivity index (χ4n) is 2.05. The third kappa shape index (κ3) is 1.54. The van der Waals surface area contributed by atoms with Crippen LogP contribution in [-0.4, -0.2) is 9.97 Å². The number of benzene rings is 2. The third-order valence-electron chi connectivity index (χ3n) is 3.02. The largest absolute Gasteiger partial charge is 0.396 e. The van der Waals surface area contributed by atoms with Crippen molar-refractivity contribution in [3.63, 3.8) is 0 Å². The number of anilines is 1. The van der Waals surface area contributed by atoms with Crippen molar-refractivity contribution in [1.29, 1.82) is 0 Å². The second-order valence-corrected chi connectivity index (χ2v) is 4.26. The topological polar surface area (TPSA) is 54.7 Å². The molecule has 0 amide bonds. The maximum atomic E-state index is 13.4. The van der Waals surface area contributed by atoms with Gasteiger partial charge in [0.1, 0.15) is 11.6 Å². The summed E-state index contributed by atoms with van der Waals surface area (Å²) in [5.41, 5.74) is 9.33. The molecule has 0 unspecified atom stereocenters. The molecular formula is C14H12FN3. The van der Waals surface area contributed by atoms with Crippen molar-refractivity contribution in [2.45, 2.75) is 6.92 Å². The number of nitrogens with two attached hydrogens (primary N) is 1. The first kappa shape index (κ1) is 10.8. The molecule has 0 aliphatic rings. The van der Waals surface area contributed by atoms with Gasteiger partial charge in [-0.3, -0.25) is 0 Å². The van der Waals surface area contributed by atoms with Gasteiger partial charge in [-0.15, -0.1) is 0 Å². The molecule has 0 saturated carbocycles. The number of nitrogens with zero attached hydrogens (tertiary/aromatic N) is 1. The molecule has 0 spiro atoms. The molecule has 0 saturated heterocycles. The molecule has 3 rings (SSSR count). The van der Waals surface area contributed by atoms with Gasteiger partial charge in [-0.2, -0.15) is 0 Å². The zero-order valence-corrected chi connectivity index (χ0v) is 9.87. The molecule has 1 heterocycles. The summed E-state index contributed by atoms with van der Waals surface area (Å²) in [7, 11) is 0. The highest BCUT2D eigenvalue weighted by molar-refractivity contribution is 5.84. The molecule has 0 atom stereocenters. The predicted octanol–water partition coefficient (Wildman–Crippen LogP) is 3.26. The van der Waals surface area contributed by atoms with Crippen molar-refractivity contribution >= 4 is 16.7 Å². The predicted molar refractivity (Wildman–Crippen MR) is 70.6 cm³/mol. The summed E-state index contributed by atoms with van der Waals surface area (Å²) in [5, 5.41) is 0. The monoisotopic (exact) mass is 241 g/mol. The van der Waals surface area contributed by atoms with E-state index in [2.05, 4.69) is 9.97 Å². The van der Waals surface area contributed by atoms with Crippen LogP contribution in [0.3, 0.4) is 0 Å². The number of imidazole rings is 1. The maximum Gasteiger partial charge on any atom is 0.146 e. The number of aryl methyl sites for hydroxylation is 1. The highest BCUT2D eigenvalue weighted by Gasteiger charge is 2.11. The zero-order chi connectivity index (χ0) is 12.7. The Balaban J connectivity index is 2.26. The molecule has 0 aliphatic heterocycles. The van der Waals surface area contributed by atoms with Crippen molar-refractivity contribution in [3.8, 4) is 11.4 Å². The molecule has 2 aromatic carbocycles. The Hall–Kier alpha value is -2.36. The Morgan fingerprint density at radius 2 is 1.94 bits per heavy atom. The van der Waals surface area contributed by atoms with E-state index in [9.17, 15) is 4.39 Å². The van der Waals surface area contributed by atoms with Gasteiger partial charge in [-0.05, 0) is 30.7 Å². The number of rotatable bonds is 1. The molecule has 3 nitrogen and oxygen atoms in total. The lowest BCUT2D eigenvalue weighted by atomic mass is 10.1. The molecule has 0 fully saturated rings. The van der Waals surface area contributed by atoms with E-state index in [0.717, 1.165) is 16.6 Å². The number of hydrogen-bond donors (Lipinski definition) is 2. The van der Waals surface area contributed by atoms with Gasteiger partial charge < -0.3 is 10.7 Å². The first-order chi connectivity index (χ1) is 8.66. The van der Waals surface area contributed by atoms with Crippen LogP contribution in [0.15, 0.2) is 36.4 Å². The van der Waals surface area contributed by atoms with Crippen LogP contribution >= 0.6 is 0 Å². The van der Waals surface area contributed by atoms with Crippen molar-refractivity contribution in [3.05, 3.63) is 47.8 Å². The summed E-state index contributed by atoms with van der Waals surface area (Å²) in [6, 6.07) is 10.6. The molecular weight excluding hydrogens is 229 g/mol. The van der Waals surface area contributed by atoms with Crippen LogP contribution < -0.4 is 5.73 Å². The minimum absolute atomic E-state index is 0.120. The molecule has 3 N–H and O–H groups in total. The first-order valence-corrected chi connectivity index (χ1v) is 5.66. The number of para-hydroxylation sites is 2. The number of hydrogen-bond acceptors (Lipinski definition) is 2. The van der Waals surface area contributed by atoms with Gasteiger partial charge in [-0.1, -0.05) is 18.2 Å². The van der Waals surface area contributed by atoms with Gasteiger partial charge in [0.2, 0.25) is 0 Å². The molecule has 0 radical (unpaired) electrons. The Morgan fingerprint density at radius 1 is 1.17 bits per heavy atom. The average molecular weight is 241 g/mol. The minimum Gasteiger partial charge on any atom is -0.396 e. The molecule has 90 valence electrons. The third-order valence-corrected chi connectivity index (χ3v) is 3.02. The van der Waals surface area contributed by atoms with Crippen LogP contribution in [0.1, 0.15) is 5.56 Å². The number of aromatic amines is 1. The van der Waals surface area contributed by atoms with Gasteiger partial charge in [0.25, 0.3) is 0 Å². The van der Waals surface area contributed by atoms with E-state index >= 15 is 0 Å². The number of aromatic nitrogens is 2. The number of nitrogens with one attached hydrogen (secondary N) is 1. The molecule has 0 bridgehead atoms. The molecule has 3 aromatic rings. The normalized spacial score (nSPS) is 11.0. The summed E-state index contributed by atoms with van der Waals surface area (Å²) in [5.74, 6) is 0.168. The fraction of sp³-hybridized carbons (Fsp3) is 0.0714. The lowest BCUT2D eigenvalue weighted by Crippen LogP contribution is -1.94. The molecule has 18 heavy (non-hydrogen) atoms. The van der Waals surface area contributed by atoms with E-state index < -0.39 is 5.82 Å². The van der Waals surface area contributed by atoms with E-state index in [0.29, 0.717) is 11.4 Å². The second kappa shape index (κ2) is 3.84. The van der Waals surface area contributed by atoms with Crippen LogP contribution in [0.25, 0.3) is 22.4 Å². The van der Waals surface area contributed by atoms with Crippen LogP contribution in [-0.2, 0) is 0 Å². The summed E-state index contributed by atoms with van der Waals surface area (Å²) < 4.78 is 13.4. The number of nitrogen functional groups attached to an aromatic ring is 1. The first-order valence-electron chi connectivity index (χ1n) is 5.66. The van der Waals surface area contributed by atoms with Crippen molar-refractivity contribution < 1.29 is 4.39 Å². The van der Waals surface area contributed by atoms with Crippen LogP contribution in [0.4, 0.5) is 10.1 Å². The van der Waals surface area contributed by atoms with Crippen LogP contribution in [0.5, 0.6) is 0 Å². The fourth-order valence-corrected chi connectivity index (χ4v) is 2.05. The number of fused-ring (bicyclic) bond motifs is 1. The van der Waals surface area contributed by atoms with E-state index in [4.69, 9.17) is 5.73 Å². The Morgan fingerprint density at radius 3 is 2.72 bits per heavy atom. The van der Waals surface area contributed by atoms with Crippen molar-refractivity contribution in [2.75, 3.05) is 5.73 Å². The SMILES string of the molecule is Cc1cccc2[nH]c(-c3cccc(F)c3N)nc12. The van der Waals surface area contributed by atoms with Gasteiger partial charge in [0.15, 0.2) is 0 Å². The van der Waals surface area contributed by atoms with Gasteiger partial charge in [-0.25, -0.2) is 9.37 Å². The van der Waals surface area contributed by atoms with E-state index in [-0.39, 0.29) is 5.69 Å². The summed E-state index contributed by atoms with van der Waals surface area (Å²) in [4.78, 5) is 7.65. The molecule has 4 heteroatoms. The van der Waals surface area contributed by atoms with Crippen LogP contribution in [0, 0.1) is 12.7 Å². The second-order valence-electron chi connectivity index (χ2n) is 4.26. The Kier molecular flexibility index (Phi) is 2.30. The van der Waals surface area contributed by atoms with Gasteiger partial charge >= 0.3 is 0 Å². The Bertz CT molecular complexity index is 731. The number of halogens is 1. The maximum absolute atomic E-state index is 13.4. The highest BCUT2D eigenvalue weighted by atomic mass is 19.1. The zero-order valence-electron chi connectivity index (χ0n) is 9.87. The van der Waals surface area contributed by atoms with E-state index in [1.165, 1.54) is 6.07 Å². The van der Waals surface area contributed by atoms with Crippen LogP contribution in [0.2, 0.25) is 0 Å². The van der Waals surface area contributed by atoms with Crippen molar-refractivity contribution in [1.82, 2.24) is 9.97 Å². The average Bonchev–Trinajstić information content (AvgIpc) is 2.78. The van der Waals surface area contributed by atoms with Gasteiger partial charge in [0.05, 0.1) is 16.7 Å². The Labute approximate surface area is 103 Å². The minimum atomic E-state index is -0.426. The summed E-state index contributed by atoms with van der Waals surface area (Å²) in [6.07, 6.45) is 0. The van der Waals surface area contributed by atoms with E-state index in [1.807, 2.05) is 25.1 Å². The standard InChI is InChI=1S/C14H12FN3/c1-8-4-2-7-11-13(8)18-14(17-11)9-5-3-6-10(15)12(9)16/h2-7H,16H2,1H3,(H,17,18). The molecule has 0 aliphatic carbocycles. The highest BCUT2D eigenvalue weighted by Crippen LogP contribution is 2.28. The van der Waals surface area contributed by atoms with E-state index in [1.54, 1.807) is 12.1 Å². The molecule has 1 aromatic heterocycles. The lowest BCUT2D eigenvalue weighted by Gasteiger charge is -2.02.